The molecule has 1 N–H and O–H groups in total. The van der Waals surface area contributed by atoms with E-state index >= 15 is 0 Å². The highest BCUT2D eigenvalue weighted by Gasteiger charge is 2.65. The number of ether oxygens (including phenoxy) is 5. The number of carbonyl (C=O) groups is 2. The molecular formula is C17H28O8. The maximum absolute atomic E-state index is 12.1. The number of rotatable bonds is 6. The minimum Gasteiger partial charge on any atom is -0.469 e. The first-order chi connectivity index (χ1) is 11.7. The summed E-state index contributed by atoms with van der Waals surface area (Å²) in [6.45, 7) is 3.27. The minimum absolute atomic E-state index is 0.0146. The fourth-order valence-electron chi connectivity index (χ4n) is 3.84. The van der Waals surface area contributed by atoms with Gasteiger partial charge in [-0.15, -0.1) is 0 Å². The summed E-state index contributed by atoms with van der Waals surface area (Å²) in [6, 6.07) is 0. The summed E-state index contributed by atoms with van der Waals surface area (Å²) in [6.07, 6.45) is 1.23. The predicted octanol–water partition coefficient (Wildman–Crippen LogP) is 0.994. The van der Waals surface area contributed by atoms with Crippen LogP contribution in [0.5, 0.6) is 0 Å². The average Bonchev–Trinajstić information content (AvgIpc) is 2.59. The van der Waals surface area contributed by atoms with Crippen LogP contribution in [0, 0.1) is 11.8 Å². The smallest absolute Gasteiger partial charge is 0.308 e. The first-order valence-electron chi connectivity index (χ1n) is 8.40. The van der Waals surface area contributed by atoms with Gasteiger partial charge in [0.05, 0.1) is 13.0 Å². The molecule has 1 aliphatic carbocycles. The molecule has 8 heteroatoms. The van der Waals surface area contributed by atoms with E-state index in [-0.39, 0.29) is 12.3 Å². The first kappa shape index (κ1) is 20.3. The molecule has 0 aromatic heterocycles. The topological polar surface area (TPSA) is 101 Å². The fourth-order valence-corrected chi connectivity index (χ4v) is 3.84. The van der Waals surface area contributed by atoms with E-state index in [2.05, 4.69) is 0 Å². The second-order valence-corrected chi connectivity index (χ2v) is 6.95. The van der Waals surface area contributed by atoms with Crippen LogP contribution >= 0.6 is 0 Å². The molecule has 0 aromatic rings. The zero-order valence-electron chi connectivity index (χ0n) is 15.4. The van der Waals surface area contributed by atoms with Gasteiger partial charge in [0, 0.05) is 27.1 Å². The Bertz CT molecular complexity index is 511. The number of aliphatic hydroxyl groups is 1. The minimum atomic E-state index is -1.76. The van der Waals surface area contributed by atoms with Gasteiger partial charge < -0.3 is 33.6 Å². The van der Waals surface area contributed by atoms with Crippen LogP contribution < -0.4 is 0 Å². The van der Waals surface area contributed by atoms with Gasteiger partial charge in [-0.05, 0) is 32.6 Å². The van der Waals surface area contributed by atoms with E-state index in [1.165, 1.54) is 21.3 Å². The van der Waals surface area contributed by atoms with Crippen molar-refractivity contribution in [3.63, 3.8) is 0 Å². The van der Waals surface area contributed by atoms with E-state index in [9.17, 15) is 14.7 Å². The number of fused-ring (bicyclic) bond motifs is 1. The van der Waals surface area contributed by atoms with Crippen LogP contribution in [0.2, 0.25) is 0 Å². The molecule has 25 heavy (non-hydrogen) atoms. The Morgan fingerprint density at radius 1 is 1.24 bits per heavy atom. The lowest BCUT2D eigenvalue weighted by Crippen LogP contribution is -2.72. The Hall–Kier alpha value is -1.06. The van der Waals surface area contributed by atoms with Gasteiger partial charge >= 0.3 is 5.97 Å². The second kappa shape index (κ2) is 7.28. The van der Waals surface area contributed by atoms with E-state index in [1.54, 1.807) is 13.8 Å². The zero-order chi connectivity index (χ0) is 18.9. The summed E-state index contributed by atoms with van der Waals surface area (Å²) in [5, 5.41) is 11.2. The van der Waals surface area contributed by atoms with Crippen LogP contribution in [0.15, 0.2) is 0 Å². The number of carbonyl (C=O) groups excluding carboxylic acids is 2. The molecule has 6 unspecified atom stereocenters. The van der Waals surface area contributed by atoms with Gasteiger partial charge in [-0.3, -0.25) is 4.79 Å². The highest BCUT2D eigenvalue weighted by Crippen LogP contribution is 2.51. The van der Waals surface area contributed by atoms with Gasteiger partial charge in [0.15, 0.2) is 5.79 Å². The van der Waals surface area contributed by atoms with E-state index in [0.717, 1.165) is 6.29 Å². The van der Waals surface area contributed by atoms with Crippen LogP contribution in [0.1, 0.15) is 39.5 Å². The van der Waals surface area contributed by atoms with Crippen molar-refractivity contribution in [3.8, 4) is 0 Å². The van der Waals surface area contributed by atoms with Crippen LogP contribution in [-0.4, -0.2) is 62.2 Å². The van der Waals surface area contributed by atoms with E-state index in [1.807, 2.05) is 0 Å². The molecule has 0 radical (unpaired) electrons. The summed E-state index contributed by atoms with van der Waals surface area (Å²) < 4.78 is 27.8. The van der Waals surface area contributed by atoms with Gasteiger partial charge in [0.25, 0.3) is 0 Å². The predicted molar refractivity (Wildman–Crippen MR) is 85.3 cm³/mol. The molecule has 0 amide bonds. The Labute approximate surface area is 147 Å². The molecule has 6 atom stereocenters. The molecule has 1 aliphatic heterocycles. The molecule has 0 spiro atoms. The molecule has 8 nitrogen and oxygen atoms in total. The van der Waals surface area contributed by atoms with Crippen molar-refractivity contribution < 1.29 is 38.4 Å². The summed E-state index contributed by atoms with van der Waals surface area (Å²) in [7, 11) is 4.19. The fraction of sp³-hybridized carbons (Fsp3) is 0.882. The van der Waals surface area contributed by atoms with Crippen LogP contribution in [0.25, 0.3) is 0 Å². The first-order valence-corrected chi connectivity index (χ1v) is 8.40. The number of esters is 1. The molecule has 2 fully saturated rings. The van der Waals surface area contributed by atoms with Crippen molar-refractivity contribution in [2.45, 2.75) is 63.0 Å². The largest absolute Gasteiger partial charge is 0.469 e. The third-order valence-electron chi connectivity index (χ3n) is 5.52. The summed E-state index contributed by atoms with van der Waals surface area (Å²) in [4.78, 5) is 22.9. The molecule has 1 saturated carbocycles. The van der Waals surface area contributed by atoms with Gasteiger partial charge in [-0.25, -0.2) is 0 Å². The van der Waals surface area contributed by atoms with Crippen molar-refractivity contribution in [1.29, 1.82) is 0 Å². The Morgan fingerprint density at radius 3 is 2.40 bits per heavy atom. The Balaban J connectivity index is 2.38. The summed E-state index contributed by atoms with van der Waals surface area (Å²) >= 11 is 0. The third-order valence-corrected chi connectivity index (χ3v) is 5.52. The van der Waals surface area contributed by atoms with E-state index in [0.29, 0.717) is 19.3 Å². The van der Waals surface area contributed by atoms with Crippen molar-refractivity contribution in [2.75, 3.05) is 21.3 Å². The van der Waals surface area contributed by atoms with Gasteiger partial charge in [-0.1, -0.05) is 0 Å². The lowest BCUT2D eigenvalue weighted by atomic mass is 9.72. The van der Waals surface area contributed by atoms with Crippen LogP contribution in [0.3, 0.4) is 0 Å². The van der Waals surface area contributed by atoms with Gasteiger partial charge in [-0.2, -0.15) is 0 Å². The second-order valence-electron chi connectivity index (χ2n) is 6.95. The van der Waals surface area contributed by atoms with Crippen molar-refractivity contribution in [2.24, 2.45) is 11.8 Å². The van der Waals surface area contributed by atoms with Crippen LogP contribution in [0.4, 0.5) is 0 Å². The van der Waals surface area contributed by atoms with Crippen molar-refractivity contribution in [1.82, 2.24) is 0 Å². The molecule has 0 aromatic carbocycles. The monoisotopic (exact) mass is 360 g/mol. The van der Waals surface area contributed by atoms with Crippen molar-refractivity contribution >= 4 is 12.3 Å². The number of hydrogen-bond donors (Lipinski definition) is 1. The standard InChI is InChI=1S/C17H28O8/c1-15(22-4)16(2,23-5)25-17(20)10-12(14(19)21-3)9-11(7-6-8-18)13(17)24-15/h8,11-13,20H,6-7,9-10H2,1-5H3. The van der Waals surface area contributed by atoms with E-state index < -0.39 is 35.4 Å². The zero-order valence-corrected chi connectivity index (χ0v) is 15.4. The molecule has 2 rings (SSSR count). The maximum atomic E-state index is 12.1. The third kappa shape index (κ3) is 3.46. The molecule has 2 aliphatic rings. The normalized spacial score (nSPS) is 44.0. The quantitative estimate of drug-likeness (QED) is 0.553. The molecule has 0 bridgehead atoms. The van der Waals surface area contributed by atoms with Crippen molar-refractivity contribution in [3.05, 3.63) is 0 Å². The Kier molecular flexibility index (Phi) is 5.90. The maximum Gasteiger partial charge on any atom is 0.308 e. The number of aldehydes is 1. The average molecular weight is 360 g/mol. The molecule has 1 saturated heterocycles. The highest BCUT2D eigenvalue weighted by atomic mass is 16.8. The van der Waals surface area contributed by atoms with Gasteiger partial charge in [0.2, 0.25) is 11.6 Å². The summed E-state index contributed by atoms with van der Waals surface area (Å²) in [5.74, 6) is -5.67. The lowest BCUT2D eigenvalue weighted by molar-refractivity contribution is -0.513. The Morgan fingerprint density at radius 2 is 1.88 bits per heavy atom. The molecule has 144 valence electrons. The summed E-state index contributed by atoms with van der Waals surface area (Å²) in [5.41, 5.74) is 0. The number of methoxy groups -OCH3 is 3. The molecule has 1 heterocycles. The van der Waals surface area contributed by atoms with E-state index in [4.69, 9.17) is 23.7 Å². The molecular weight excluding hydrogens is 332 g/mol. The number of hydrogen-bond acceptors (Lipinski definition) is 8. The SMILES string of the molecule is COC(=O)C1CC(CCC=O)C2OC(C)(OC)C(C)(OC)OC2(O)C1. The lowest BCUT2D eigenvalue weighted by Gasteiger charge is -2.59. The van der Waals surface area contributed by atoms with Gasteiger partial charge in [0.1, 0.15) is 12.4 Å². The van der Waals surface area contributed by atoms with Crippen LogP contribution in [-0.2, 0) is 33.3 Å². The highest BCUT2D eigenvalue weighted by molar-refractivity contribution is 5.72.